The van der Waals surface area contributed by atoms with E-state index < -0.39 is 35.3 Å². The van der Waals surface area contributed by atoms with E-state index >= 15 is 0 Å². The van der Waals surface area contributed by atoms with Crippen molar-refractivity contribution in [1.82, 2.24) is 0 Å². The number of hydrogen-bond donors (Lipinski definition) is 0. The maximum Gasteiger partial charge on any atom is 0.338 e. The van der Waals surface area contributed by atoms with Crippen molar-refractivity contribution in [2.75, 3.05) is 14.2 Å². The van der Waals surface area contributed by atoms with Crippen LogP contribution in [0.5, 0.6) is 0 Å². The second kappa shape index (κ2) is 11.0. The third-order valence-electron chi connectivity index (χ3n) is 6.18. The number of esters is 3. The van der Waals surface area contributed by atoms with Crippen LogP contribution in [0.3, 0.4) is 0 Å². The molecule has 0 unspecified atom stereocenters. The van der Waals surface area contributed by atoms with Gasteiger partial charge in [0, 0.05) is 5.92 Å². The van der Waals surface area contributed by atoms with Crippen molar-refractivity contribution in [3.05, 3.63) is 65.4 Å². The highest BCUT2D eigenvalue weighted by molar-refractivity contribution is 6.03. The molecule has 0 radical (unpaired) electrons. The Balaban J connectivity index is 1.86. The summed E-state index contributed by atoms with van der Waals surface area (Å²) in [6.45, 7) is 0. The average Bonchev–Trinajstić information content (AvgIpc) is 2.85. The van der Waals surface area contributed by atoms with Crippen LogP contribution in [0, 0.1) is 11.3 Å². The van der Waals surface area contributed by atoms with Gasteiger partial charge in [-0.3, -0.25) is 9.59 Å². The third-order valence-corrected chi connectivity index (χ3v) is 6.18. The molecule has 2 atom stereocenters. The molecule has 1 fully saturated rings. The van der Waals surface area contributed by atoms with Crippen molar-refractivity contribution in [2.45, 2.75) is 51.0 Å². The Kier molecular flexibility index (Phi) is 8.07. The second-order valence-electron chi connectivity index (χ2n) is 8.18. The molecule has 3 rings (SSSR count). The summed E-state index contributed by atoms with van der Waals surface area (Å²) in [5, 5.41) is 0. The predicted molar refractivity (Wildman–Crippen MR) is 119 cm³/mol. The topological polar surface area (TPSA) is 78.9 Å². The Labute approximate surface area is 188 Å². The van der Waals surface area contributed by atoms with E-state index in [0.29, 0.717) is 18.4 Å². The van der Waals surface area contributed by atoms with Gasteiger partial charge >= 0.3 is 17.9 Å². The molecule has 0 spiro atoms. The average molecular weight is 439 g/mol. The van der Waals surface area contributed by atoms with Crippen LogP contribution in [0.4, 0.5) is 0 Å². The summed E-state index contributed by atoms with van der Waals surface area (Å²) in [5.74, 6) is -2.26. The summed E-state index contributed by atoms with van der Waals surface area (Å²) in [6, 6.07) is 8.77. The molecule has 2 aliphatic rings. The highest BCUT2D eigenvalue weighted by Crippen LogP contribution is 2.40. The van der Waals surface area contributed by atoms with Gasteiger partial charge in [-0.15, -0.1) is 5.73 Å². The molecule has 0 heterocycles. The molecule has 0 N–H and O–H groups in total. The monoisotopic (exact) mass is 438 g/mol. The molecule has 0 saturated heterocycles. The summed E-state index contributed by atoms with van der Waals surface area (Å²) in [6.07, 6.45) is 10.7. The van der Waals surface area contributed by atoms with Gasteiger partial charge in [0.15, 0.2) is 5.41 Å². The van der Waals surface area contributed by atoms with Crippen LogP contribution in [0.2, 0.25) is 0 Å². The molecular weight excluding hydrogens is 408 g/mol. The number of hydrogen-bond acceptors (Lipinski definition) is 6. The first-order valence-corrected chi connectivity index (χ1v) is 11.1. The molecule has 1 aromatic rings. The van der Waals surface area contributed by atoms with Crippen molar-refractivity contribution < 1.29 is 28.6 Å². The van der Waals surface area contributed by atoms with Gasteiger partial charge in [-0.05, 0) is 68.4 Å². The number of benzene rings is 1. The Morgan fingerprint density at radius 3 is 2.16 bits per heavy atom. The first-order valence-electron chi connectivity index (χ1n) is 11.1. The van der Waals surface area contributed by atoms with Crippen molar-refractivity contribution in [1.29, 1.82) is 0 Å². The van der Waals surface area contributed by atoms with Crippen LogP contribution in [0.15, 0.2) is 59.9 Å². The van der Waals surface area contributed by atoms with E-state index in [1.165, 1.54) is 26.7 Å². The highest BCUT2D eigenvalue weighted by atomic mass is 16.5. The van der Waals surface area contributed by atoms with Crippen LogP contribution >= 0.6 is 0 Å². The standard InChI is InChI=1S/C26H30O6/c1-30-24(28)26(25(29)31-2,18-17-19-9-5-3-6-10-19)21-13-15-22(16-14-21)32-23(27)20-11-7-4-8-12-20/h4,7-8,11-13,15,18,21-22H,3,5-6,9-10,14,16H2,1-2H3/t21-,22+/m0/s1. The quantitative estimate of drug-likeness (QED) is 0.213. The number of carbonyl (C=O) groups is 3. The predicted octanol–water partition coefficient (Wildman–Crippen LogP) is 4.56. The van der Waals surface area contributed by atoms with Gasteiger partial charge in [0.2, 0.25) is 0 Å². The molecule has 0 amide bonds. The highest BCUT2D eigenvalue weighted by Gasteiger charge is 2.52. The molecule has 0 aromatic heterocycles. The van der Waals surface area contributed by atoms with E-state index in [2.05, 4.69) is 5.73 Å². The zero-order valence-corrected chi connectivity index (χ0v) is 18.7. The number of allylic oxidation sites excluding steroid dienone is 1. The largest absolute Gasteiger partial charge is 0.468 e. The Hall–Kier alpha value is -3.11. The van der Waals surface area contributed by atoms with Gasteiger partial charge in [0.05, 0.1) is 19.8 Å². The zero-order valence-electron chi connectivity index (χ0n) is 18.7. The molecule has 6 nitrogen and oxygen atoms in total. The molecule has 1 saturated carbocycles. The maximum atomic E-state index is 12.9. The molecule has 6 heteroatoms. The lowest BCUT2D eigenvalue weighted by Crippen LogP contribution is -2.46. The molecule has 170 valence electrons. The van der Waals surface area contributed by atoms with Gasteiger partial charge in [-0.25, -0.2) is 4.79 Å². The minimum atomic E-state index is -1.63. The summed E-state index contributed by atoms with van der Waals surface area (Å²) < 4.78 is 15.7. The lowest BCUT2D eigenvalue weighted by molar-refractivity contribution is -0.168. The first-order chi connectivity index (χ1) is 15.5. The fraction of sp³-hybridized carbons (Fsp3) is 0.462. The lowest BCUT2D eigenvalue weighted by Gasteiger charge is -2.34. The zero-order chi connectivity index (χ0) is 23.0. The fourth-order valence-corrected chi connectivity index (χ4v) is 4.34. The SMILES string of the molecule is COC(=O)C(C=C=C1CCCCC1)(C(=O)OC)[C@H]1C=C[C@@H](OC(=O)c2ccccc2)CC1. The number of rotatable bonds is 6. The summed E-state index contributed by atoms with van der Waals surface area (Å²) in [4.78, 5) is 38.2. The summed E-state index contributed by atoms with van der Waals surface area (Å²) in [5.41, 5.74) is 3.18. The van der Waals surface area contributed by atoms with Crippen molar-refractivity contribution in [3.63, 3.8) is 0 Å². The molecular formula is C26H30O6. The van der Waals surface area contributed by atoms with E-state index in [9.17, 15) is 14.4 Å². The number of ether oxygens (including phenoxy) is 3. The Morgan fingerprint density at radius 2 is 1.59 bits per heavy atom. The van der Waals surface area contributed by atoms with E-state index in [1.807, 2.05) is 6.07 Å². The van der Waals surface area contributed by atoms with Gasteiger partial charge in [-0.2, -0.15) is 0 Å². The van der Waals surface area contributed by atoms with Crippen molar-refractivity contribution >= 4 is 17.9 Å². The first kappa shape index (κ1) is 23.6. The van der Waals surface area contributed by atoms with Crippen LogP contribution < -0.4 is 0 Å². The molecule has 0 bridgehead atoms. The van der Waals surface area contributed by atoms with Gasteiger partial charge in [0.1, 0.15) is 6.10 Å². The summed E-state index contributed by atoms with van der Waals surface area (Å²) >= 11 is 0. The molecule has 32 heavy (non-hydrogen) atoms. The Bertz CT molecular complexity index is 899. The van der Waals surface area contributed by atoms with Crippen molar-refractivity contribution in [2.24, 2.45) is 11.3 Å². The molecule has 2 aliphatic carbocycles. The van der Waals surface area contributed by atoms with E-state index in [1.54, 1.807) is 36.4 Å². The summed E-state index contributed by atoms with van der Waals surface area (Å²) in [7, 11) is 2.52. The number of methoxy groups -OCH3 is 2. The minimum absolute atomic E-state index is 0.409. The smallest absolute Gasteiger partial charge is 0.338 e. The van der Waals surface area contributed by atoms with Crippen LogP contribution in [0.1, 0.15) is 55.3 Å². The molecule has 1 aromatic carbocycles. The van der Waals surface area contributed by atoms with Gasteiger partial charge in [0.25, 0.3) is 0 Å². The van der Waals surface area contributed by atoms with Crippen LogP contribution in [0.25, 0.3) is 0 Å². The van der Waals surface area contributed by atoms with E-state index in [0.717, 1.165) is 31.3 Å². The van der Waals surface area contributed by atoms with Gasteiger partial charge in [-0.1, -0.05) is 30.7 Å². The van der Waals surface area contributed by atoms with Gasteiger partial charge < -0.3 is 14.2 Å². The maximum absolute atomic E-state index is 12.9. The fourth-order valence-electron chi connectivity index (χ4n) is 4.34. The van der Waals surface area contributed by atoms with E-state index in [-0.39, 0.29) is 0 Å². The minimum Gasteiger partial charge on any atom is -0.468 e. The van der Waals surface area contributed by atoms with Crippen LogP contribution in [-0.4, -0.2) is 38.2 Å². The van der Waals surface area contributed by atoms with Crippen molar-refractivity contribution in [3.8, 4) is 0 Å². The lowest BCUT2D eigenvalue weighted by atomic mass is 9.70. The third kappa shape index (κ3) is 5.20. The molecule has 0 aliphatic heterocycles. The second-order valence-corrected chi connectivity index (χ2v) is 8.18. The Morgan fingerprint density at radius 1 is 0.938 bits per heavy atom. The van der Waals surface area contributed by atoms with Crippen LogP contribution in [-0.2, 0) is 23.8 Å². The normalized spacial score (nSPS) is 20.6. The van der Waals surface area contributed by atoms with E-state index in [4.69, 9.17) is 14.2 Å². The number of carbonyl (C=O) groups excluding carboxylic acids is 3.